The van der Waals surface area contributed by atoms with Gasteiger partial charge in [0.25, 0.3) is 0 Å². The molecule has 6 atom stereocenters. The van der Waals surface area contributed by atoms with Crippen molar-refractivity contribution in [2.24, 2.45) is 23.2 Å². The summed E-state index contributed by atoms with van der Waals surface area (Å²) in [5.41, 5.74) is 4.67. The van der Waals surface area contributed by atoms with Crippen LogP contribution in [-0.2, 0) is 42.4 Å². The number of nitrogens with two attached hydrogens (primary N) is 1. The molecule has 17 heteroatoms. The fraction of sp³-hybridized carbons (Fsp3) is 0.590. The molecule has 0 amide bonds. The zero-order valence-corrected chi connectivity index (χ0v) is 34.1. The lowest BCUT2D eigenvalue weighted by Gasteiger charge is -2.37. The molecular weight excluding hydrogens is 743 g/mol. The summed E-state index contributed by atoms with van der Waals surface area (Å²) in [5.74, 6) is -2.57. The second-order valence-electron chi connectivity index (χ2n) is 16.1. The van der Waals surface area contributed by atoms with Gasteiger partial charge in [-0.1, -0.05) is 66.7 Å². The molecule has 3 aromatic rings. The van der Waals surface area contributed by atoms with Crippen molar-refractivity contribution in [2.75, 3.05) is 12.3 Å². The maximum absolute atomic E-state index is 14.7. The van der Waals surface area contributed by atoms with Crippen LogP contribution in [0.4, 0.5) is 5.82 Å². The Bertz CT molecular complexity index is 1950. The molecule has 3 heterocycles. The van der Waals surface area contributed by atoms with Gasteiger partial charge in [-0.3, -0.25) is 18.9 Å². The molecule has 304 valence electrons. The summed E-state index contributed by atoms with van der Waals surface area (Å²) in [4.78, 5) is 43.9. The van der Waals surface area contributed by atoms with Crippen LogP contribution >= 0.6 is 7.75 Å². The van der Waals surface area contributed by atoms with Gasteiger partial charge in [0.05, 0.1) is 17.5 Å². The SMILES string of the molecule is CC(C)C(=O)O[C@H]1[C@H](c2ccc3c(N)ncnn23)O[C@](C#N)(COP(=O)(N[C@@H](C)C(=O)OC2CCC(C(C)(C)C)CC2)Oc2ccccc2)[C@H]1OC(=O)C(C)C. The zero-order chi connectivity index (χ0) is 41.0. The highest BCUT2D eigenvalue weighted by Gasteiger charge is 2.62. The number of aromatic nitrogens is 3. The van der Waals surface area contributed by atoms with Gasteiger partial charge in [-0.25, -0.2) is 14.1 Å². The first-order valence-corrected chi connectivity index (χ1v) is 20.5. The third-order valence-corrected chi connectivity index (χ3v) is 11.8. The molecule has 1 saturated carbocycles. The van der Waals surface area contributed by atoms with E-state index in [0.29, 0.717) is 24.3 Å². The van der Waals surface area contributed by atoms with Gasteiger partial charge in [0.2, 0.25) is 5.60 Å². The van der Waals surface area contributed by atoms with Gasteiger partial charge in [-0.05, 0) is 68.2 Å². The molecule has 16 nitrogen and oxygen atoms in total. The Morgan fingerprint density at radius 1 is 0.982 bits per heavy atom. The number of carbonyl (C=O) groups excluding carboxylic acids is 3. The highest BCUT2D eigenvalue weighted by molar-refractivity contribution is 7.52. The van der Waals surface area contributed by atoms with Crippen molar-refractivity contribution < 1.29 is 46.9 Å². The average molecular weight is 797 g/mol. The number of fused-ring (bicyclic) bond motifs is 1. The molecule has 56 heavy (non-hydrogen) atoms. The van der Waals surface area contributed by atoms with Gasteiger partial charge in [0, 0.05) is 0 Å². The van der Waals surface area contributed by atoms with E-state index in [1.165, 1.54) is 29.9 Å². The maximum atomic E-state index is 14.7. The minimum absolute atomic E-state index is 0.129. The van der Waals surface area contributed by atoms with Crippen molar-refractivity contribution in [3.05, 3.63) is 54.5 Å². The monoisotopic (exact) mass is 796 g/mol. The van der Waals surface area contributed by atoms with E-state index >= 15 is 0 Å². The molecule has 1 aliphatic carbocycles. The Labute approximate surface area is 327 Å². The average Bonchev–Trinajstić information content (AvgIpc) is 3.71. The number of nitriles is 1. The number of nitrogens with one attached hydrogen (secondary N) is 1. The largest absolute Gasteiger partial charge is 0.461 e. The Morgan fingerprint density at radius 3 is 2.23 bits per heavy atom. The van der Waals surface area contributed by atoms with E-state index in [0.717, 1.165) is 12.8 Å². The van der Waals surface area contributed by atoms with Gasteiger partial charge in [-0.15, -0.1) is 0 Å². The molecular formula is C39H53N6O10P. The minimum Gasteiger partial charge on any atom is -0.461 e. The summed E-state index contributed by atoms with van der Waals surface area (Å²) in [7, 11) is -4.59. The number of nitrogen functional groups attached to an aromatic ring is 1. The zero-order valence-electron chi connectivity index (χ0n) is 33.2. The second kappa shape index (κ2) is 17.3. The summed E-state index contributed by atoms with van der Waals surface area (Å²) in [6.45, 7) is 13.7. The number of para-hydroxylation sites is 1. The highest BCUT2D eigenvalue weighted by atomic mass is 31.2. The number of ether oxygens (including phenoxy) is 4. The number of benzene rings is 1. The maximum Gasteiger partial charge on any atom is 0.459 e. The van der Waals surface area contributed by atoms with Gasteiger partial charge >= 0.3 is 25.7 Å². The number of rotatable bonds is 14. The third-order valence-electron chi connectivity index (χ3n) is 10.1. The van der Waals surface area contributed by atoms with Gasteiger partial charge in [-0.2, -0.15) is 15.4 Å². The Hall–Kier alpha value is -4.55. The number of nitrogens with zero attached hydrogens (tertiary/aromatic N) is 4. The van der Waals surface area contributed by atoms with Crippen LogP contribution in [0.25, 0.3) is 5.52 Å². The fourth-order valence-corrected chi connectivity index (χ4v) is 8.27. The normalized spacial score (nSPS) is 25.6. The van der Waals surface area contributed by atoms with E-state index in [2.05, 4.69) is 42.0 Å². The van der Waals surface area contributed by atoms with Crippen LogP contribution in [0.5, 0.6) is 5.75 Å². The summed E-state index contributed by atoms with van der Waals surface area (Å²) in [5, 5.41) is 17.9. The van der Waals surface area contributed by atoms with Crippen LogP contribution < -0.4 is 15.3 Å². The summed E-state index contributed by atoms with van der Waals surface area (Å²) in [6.07, 6.45) is -0.182. The number of esters is 3. The van der Waals surface area contributed by atoms with Crippen molar-refractivity contribution >= 4 is 37.0 Å². The molecule has 2 fully saturated rings. The lowest BCUT2D eigenvalue weighted by Crippen LogP contribution is -2.50. The summed E-state index contributed by atoms with van der Waals surface area (Å²) < 4.78 is 52.2. The van der Waals surface area contributed by atoms with E-state index in [4.69, 9.17) is 33.7 Å². The number of carbonyl (C=O) groups is 3. The van der Waals surface area contributed by atoms with E-state index in [9.17, 15) is 24.2 Å². The van der Waals surface area contributed by atoms with E-state index in [1.807, 2.05) is 0 Å². The lowest BCUT2D eigenvalue weighted by atomic mass is 9.72. The highest BCUT2D eigenvalue weighted by Crippen LogP contribution is 2.50. The smallest absolute Gasteiger partial charge is 0.459 e. The topological polar surface area (TPSA) is 216 Å². The molecule has 1 saturated heterocycles. The first kappa shape index (κ1) is 42.6. The van der Waals surface area contributed by atoms with Crippen molar-refractivity contribution in [3.8, 4) is 11.8 Å². The molecule has 0 bridgehead atoms. The van der Waals surface area contributed by atoms with Gasteiger partial charge in [0.15, 0.2) is 18.0 Å². The van der Waals surface area contributed by atoms with E-state index in [-0.39, 0.29) is 28.8 Å². The molecule has 0 radical (unpaired) electrons. The van der Waals surface area contributed by atoms with Crippen LogP contribution in [-0.4, -0.2) is 69.1 Å². The van der Waals surface area contributed by atoms with Gasteiger partial charge < -0.3 is 29.2 Å². The Balaban J connectivity index is 1.47. The standard InChI is InChI=1S/C39H53N6O10P/c1-23(2)35(46)52-32-31(29-18-19-30-34(41)42-22-43-45(29)30)54-39(20-40,33(32)53-36(47)24(3)4)21-50-56(49,55-28-12-10-9-11-13-28)44-25(5)37(48)51-27-16-14-26(15-17-27)38(6,7)8/h9-13,18-19,22-27,31-33H,14-17,21H2,1-8H3,(H,44,49)(H2,41,42,43)/t25-,26?,27?,31-,32-,33-,39+,56?/m0/s1. The van der Waals surface area contributed by atoms with Crippen molar-refractivity contribution in [1.29, 1.82) is 5.26 Å². The number of hydrogen-bond donors (Lipinski definition) is 2. The van der Waals surface area contributed by atoms with Crippen LogP contribution in [0, 0.1) is 34.5 Å². The first-order chi connectivity index (χ1) is 26.4. The van der Waals surface area contributed by atoms with Crippen molar-refractivity contribution in [2.45, 2.75) is 117 Å². The van der Waals surface area contributed by atoms with Crippen LogP contribution in [0.2, 0.25) is 0 Å². The van der Waals surface area contributed by atoms with Crippen LogP contribution in [0.3, 0.4) is 0 Å². The molecule has 3 N–H and O–H groups in total. The van der Waals surface area contributed by atoms with Crippen LogP contribution in [0.1, 0.15) is 92.9 Å². The van der Waals surface area contributed by atoms with Gasteiger partial charge in [0.1, 0.15) is 48.5 Å². The predicted octanol–water partition coefficient (Wildman–Crippen LogP) is 6.11. The summed E-state index contributed by atoms with van der Waals surface area (Å²) >= 11 is 0. The van der Waals surface area contributed by atoms with Crippen LogP contribution in [0.15, 0.2) is 48.8 Å². The minimum atomic E-state index is -4.59. The summed E-state index contributed by atoms with van der Waals surface area (Å²) in [6, 6.07) is 12.2. The van der Waals surface area contributed by atoms with E-state index in [1.54, 1.807) is 58.0 Å². The lowest BCUT2D eigenvalue weighted by molar-refractivity contribution is -0.173. The van der Waals surface area contributed by atoms with E-state index < -0.39 is 74.1 Å². The number of hydrogen-bond acceptors (Lipinski definition) is 14. The Morgan fingerprint density at radius 2 is 1.62 bits per heavy atom. The fourth-order valence-electron chi connectivity index (χ4n) is 6.75. The third kappa shape index (κ3) is 9.69. The molecule has 5 rings (SSSR count). The molecule has 0 spiro atoms. The second-order valence-corrected chi connectivity index (χ2v) is 17.8. The quantitative estimate of drug-likeness (QED) is 0.107. The molecule has 1 unspecified atom stereocenters. The first-order valence-electron chi connectivity index (χ1n) is 18.9. The predicted molar refractivity (Wildman–Crippen MR) is 204 cm³/mol. The molecule has 2 aromatic heterocycles. The molecule has 2 aliphatic rings. The Kier molecular flexibility index (Phi) is 13.2. The number of anilines is 1. The molecule has 1 aromatic carbocycles. The molecule has 1 aliphatic heterocycles. The van der Waals surface area contributed by atoms with Crippen molar-refractivity contribution in [3.63, 3.8) is 0 Å². The van der Waals surface area contributed by atoms with Crippen molar-refractivity contribution in [1.82, 2.24) is 19.7 Å².